The summed E-state index contributed by atoms with van der Waals surface area (Å²) >= 11 is 0. The number of nitrogens with zero attached hydrogens (tertiary/aromatic N) is 2. The maximum Gasteiger partial charge on any atom is 0.254 e. The van der Waals surface area contributed by atoms with Crippen molar-refractivity contribution in [2.24, 2.45) is 0 Å². The average molecular weight is 300 g/mol. The Hall–Kier alpha value is -1.81. The van der Waals surface area contributed by atoms with Gasteiger partial charge in [0.2, 0.25) is 0 Å². The minimum absolute atomic E-state index is 0.124. The van der Waals surface area contributed by atoms with Crippen LogP contribution in [0.25, 0.3) is 10.9 Å². The highest BCUT2D eigenvalue weighted by Crippen LogP contribution is 2.27. The van der Waals surface area contributed by atoms with Gasteiger partial charge in [0.05, 0.1) is 18.7 Å². The zero-order valence-corrected chi connectivity index (χ0v) is 13.8. The predicted molar refractivity (Wildman–Crippen MR) is 91.1 cm³/mol. The molecule has 2 heterocycles. The van der Waals surface area contributed by atoms with Crippen LogP contribution in [-0.4, -0.2) is 30.9 Å². The summed E-state index contributed by atoms with van der Waals surface area (Å²) in [6.45, 7) is 11.4. The third kappa shape index (κ3) is 2.41. The molecule has 4 nitrogen and oxygen atoms in total. The van der Waals surface area contributed by atoms with Gasteiger partial charge in [-0.3, -0.25) is 4.79 Å². The number of aromatic nitrogens is 1. The molecule has 0 bridgehead atoms. The van der Waals surface area contributed by atoms with Gasteiger partial charge < -0.3 is 14.2 Å². The minimum atomic E-state index is 0.124. The van der Waals surface area contributed by atoms with Crippen LogP contribution < -0.4 is 10.5 Å². The maximum absolute atomic E-state index is 12.7. The Morgan fingerprint density at radius 2 is 1.77 bits per heavy atom. The molecule has 0 unspecified atom stereocenters. The van der Waals surface area contributed by atoms with Crippen molar-refractivity contribution in [1.29, 1.82) is 0 Å². The second kappa shape index (κ2) is 5.76. The predicted octanol–water partition coefficient (Wildman–Crippen LogP) is 3.04. The Bertz CT molecular complexity index is 756. The summed E-state index contributed by atoms with van der Waals surface area (Å²) in [6, 6.07) is 6.62. The number of hydrogen-bond donors (Lipinski definition) is 0. The van der Waals surface area contributed by atoms with Gasteiger partial charge >= 0.3 is 0 Å². The number of fused-ring (bicyclic) bond motifs is 1. The van der Waals surface area contributed by atoms with Crippen LogP contribution in [0.3, 0.4) is 0 Å². The molecule has 22 heavy (non-hydrogen) atoms. The third-order valence-electron chi connectivity index (χ3n) is 4.64. The van der Waals surface area contributed by atoms with Crippen LogP contribution in [0.1, 0.15) is 31.0 Å². The molecule has 0 atom stereocenters. The van der Waals surface area contributed by atoms with Gasteiger partial charge in [0.15, 0.2) is 0 Å². The van der Waals surface area contributed by atoms with E-state index in [1.807, 2.05) is 18.4 Å². The number of rotatable bonds is 2. The van der Waals surface area contributed by atoms with Crippen LogP contribution >= 0.6 is 0 Å². The molecule has 1 fully saturated rings. The first-order valence-corrected chi connectivity index (χ1v) is 7.99. The van der Waals surface area contributed by atoms with E-state index in [1.54, 1.807) is 0 Å². The molecule has 0 radical (unpaired) electrons. The van der Waals surface area contributed by atoms with Crippen LogP contribution in [0.4, 0.5) is 5.69 Å². The van der Waals surface area contributed by atoms with E-state index in [0.29, 0.717) is 0 Å². The van der Waals surface area contributed by atoms with Crippen molar-refractivity contribution in [2.75, 3.05) is 31.2 Å². The molecule has 1 aliphatic rings. The number of aryl methyl sites for hydroxylation is 1. The Morgan fingerprint density at radius 3 is 2.41 bits per heavy atom. The number of anilines is 1. The van der Waals surface area contributed by atoms with Gasteiger partial charge in [-0.2, -0.15) is 0 Å². The summed E-state index contributed by atoms with van der Waals surface area (Å²) in [7, 11) is 0. The Morgan fingerprint density at radius 1 is 1.09 bits per heavy atom. The fraction of sp³-hybridized carbons (Fsp3) is 0.500. The standard InChI is InChI=1S/C18H24N2O2/c1-12(2)20-17-11-15(19-7-9-22-10-8-19)5-6-16(17)13(3)14(4)18(20)21/h5-6,11-12H,7-10H2,1-4H3. The highest BCUT2D eigenvalue weighted by Gasteiger charge is 2.16. The fourth-order valence-corrected chi connectivity index (χ4v) is 3.22. The lowest BCUT2D eigenvalue weighted by molar-refractivity contribution is 0.122. The molecule has 118 valence electrons. The lowest BCUT2D eigenvalue weighted by Crippen LogP contribution is -2.36. The summed E-state index contributed by atoms with van der Waals surface area (Å²) in [4.78, 5) is 15.0. The van der Waals surface area contributed by atoms with Gasteiger partial charge in [0, 0.05) is 35.8 Å². The molecule has 0 spiro atoms. The molecule has 1 aromatic carbocycles. The van der Waals surface area contributed by atoms with Gasteiger partial charge in [-0.25, -0.2) is 0 Å². The number of benzene rings is 1. The number of hydrogen-bond acceptors (Lipinski definition) is 3. The average Bonchev–Trinajstić information content (AvgIpc) is 2.53. The highest BCUT2D eigenvalue weighted by atomic mass is 16.5. The van der Waals surface area contributed by atoms with Crippen molar-refractivity contribution >= 4 is 16.6 Å². The molecule has 0 amide bonds. The van der Waals surface area contributed by atoms with Gasteiger partial charge in [0.1, 0.15) is 0 Å². The second-order valence-electron chi connectivity index (χ2n) is 6.32. The van der Waals surface area contributed by atoms with E-state index < -0.39 is 0 Å². The van der Waals surface area contributed by atoms with Crippen molar-refractivity contribution in [1.82, 2.24) is 4.57 Å². The minimum Gasteiger partial charge on any atom is -0.378 e. The first-order chi connectivity index (χ1) is 10.5. The Kier molecular flexibility index (Phi) is 3.96. The maximum atomic E-state index is 12.7. The molecule has 3 rings (SSSR count). The Balaban J connectivity index is 2.23. The summed E-state index contributed by atoms with van der Waals surface area (Å²) < 4.78 is 7.35. The normalized spacial score (nSPS) is 15.8. The molecular weight excluding hydrogens is 276 g/mol. The van der Waals surface area contributed by atoms with Crippen molar-refractivity contribution in [3.63, 3.8) is 0 Å². The Labute approximate surface area is 131 Å². The molecule has 1 aliphatic heterocycles. The van der Waals surface area contributed by atoms with Crippen molar-refractivity contribution in [2.45, 2.75) is 33.7 Å². The van der Waals surface area contributed by atoms with Crippen molar-refractivity contribution in [3.8, 4) is 0 Å². The molecule has 2 aromatic rings. The van der Waals surface area contributed by atoms with Crippen LogP contribution in [-0.2, 0) is 4.74 Å². The molecular formula is C18H24N2O2. The fourth-order valence-electron chi connectivity index (χ4n) is 3.22. The largest absolute Gasteiger partial charge is 0.378 e. The van der Waals surface area contributed by atoms with Crippen LogP contribution in [0.15, 0.2) is 23.0 Å². The van der Waals surface area contributed by atoms with Gasteiger partial charge in [-0.15, -0.1) is 0 Å². The first kappa shape index (κ1) is 15.1. The molecule has 1 aromatic heterocycles. The molecule has 0 aliphatic carbocycles. The molecule has 0 saturated carbocycles. The second-order valence-corrected chi connectivity index (χ2v) is 6.32. The van der Waals surface area contributed by atoms with E-state index in [-0.39, 0.29) is 11.6 Å². The topological polar surface area (TPSA) is 34.5 Å². The van der Waals surface area contributed by atoms with Crippen molar-refractivity contribution in [3.05, 3.63) is 39.7 Å². The molecule has 1 saturated heterocycles. The zero-order valence-electron chi connectivity index (χ0n) is 13.8. The number of morpholine rings is 1. The van der Waals surface area contributed by atoms with Gasteiger partial charge in [0.25, 0.3) is 5.56 Å². The van der Waals surface area contributed by atoms with E-state index in [9.17, 15) is 4.79 Å². The molecule has 4 heteroatoms. The number of pyridine rings is 1. The number of ether oxygens (including phenoxy) is 1. The monoisotopic (exact) mass is 300 g/mol. The van der Waals surface area contributed by atoms with Crippen LogP contribution in [0, 0.1) is 13.8 Å². The summed E-state index contributed by atoms with van der Waals surface area (Å²) in [5, 5.41) is 1.17. The smallest absolute Gasteiger partial charge is 0.254 e. The van der Waals surface area contributed by atoms with E-state index in [4.69, 9.17) is 4.74 Å². The summed E-state index contributed by atoms with van der Waals surface area (Å²) in [5.41, 5.74) is 4.27. The first-order valence-electron chi connectivity index (χ1n) is 7.99. The van der Waals surface area contributed by atoms with E-state index in [2.05, 4.69) is 36.9 Å². The summed E-state index contributed by atoms with van der Waals surface area (Å²) in [6.07, 6.45) is 0. The zero-order chi connectivity index (χ0) is 15.9. The van der Waals surface area contributed by atoms with E-state index in [1.165, 1.54) is 11.1 Å². The van der Waals surface area contributed by atoms with E-state index >= 15 is 0 Å². The van der Waals surface area contributed by atoms with Crippen LogP contribution in [0.5, 0.6) is 0 Å². The quantitative estimate of drug-likeness (QED) is 0.855. The van der Waals surface area contributed by atoms with Gasteiger partial charge in [-0.1, -0.05) is 6.07 Å². The van der Waals surface area contributed by atoms with Gasteiger partial charge in [-0.05, 0) is 45.4 Å². The molecule has 0 N–H and O–H groups in total. The lowest BCUT2D eigenvalue weighted by Gasteiger charge is -2.29. The van der Waals surface area contributed by atoms with Crippen molar-refractivity contribution < 1.29 is 4.74 Å². The van der Waals surface area contributed by atoms with E-state index in [0.717, 1.165) is 42.9 Å². The summed E-state index contributed by atoms with van der Waals surface area (Å²) in [5.74, 6) is 0. The lowest BCUT2D eigenvalue weighted by atomic mass is 10.0. The highest BCUT2D eigenvalue weighted by molar-refractivity contribution is 5.86. The van der Waals surface area contributed by atoms with Crippen LogP contribution in [0.2, 0.25) is 0 Å². The third-order valence-corrected chi connectivity index (χ3v) is 4.64. The SMILES string of the molecule is Cc1c(C)c2ccc(N3CCOCC3)cc2n(C(C)C)c1=O.